The molecule has 3 N–H and O–H groups in total. The number of aryl methyl sites for hydroxylation is 1. The fourth-order valence-electron chi connectivity index (χ4n) is 3.18. The highest BCUT2D eigenvalue weighted by molar-refractivity contribution is 5.81. The number of benzene rings is 1. The molecule has 3 rings (SSSR count). The molecule has 2 aliphatic carbocycles. The zero-order valence-electron chi connectivity index (χ0n) is 14.4. The van der Waals surface area contributed by atoms with E-state index in [-0.39, 0.29) is 29.6 Å². The summed E-state index contributed by atoms with van der Waals surface area (Å²) in [4.78, 5) is 23.6. The van der Waals surface area contributed by atoms with Crippen LogP contribution in [-0.4, -0.2) is 31.6 Å². The number of hydrogen-bond acceptors (Lipinski definition) is 3. The minimum absolute atomic E-state index is 0.0511. The van der Waals surface area contributed by atoms with Gasteiger partial charge in [-0.05, 0) is 55.4 Å². The molecule has 0 unspecified atom stereocenters. The number of carbonyl (C=O) groups is 2. The third-order valence-electron chi connectivity index (χ3n) is 4.62. The first-order chi connectivity index (χ1) is 12.5. The van der Waals surface area contributed by atoms with Gasteiger partial charge >= 0.3 is 12.6 Å². The van der Waals surface area contributed by atoms with Gasteiger partial charge in [0, 0.05) is 19.0 Å². The van der Waals surface area contributed by atoms with Crippen molar-refractivity contribution < 1.29 is 23.1 Å². The second kappa shape index (κ2) is 8.33. The summed E-state index contributed by atoms with van der Waals surface area (Å²) in [6, 6.07) is 4.36. The molecule has 2 aliphatic rings. The van der Waals surface area contributed by atoms with E-state index < -0.39 is 6.61 Å². The Balaban J connectivity index is 1.47. The van der Waals surface area contributed by atoms with Crippen molar-refractivity contribution >= 4 is 11.9 Å². The Morgan fingerprint density at radius 1 is 1.15 bits per heavy atom. The highest BCUT2D eigenvalue weighted by Gasteiger charge is 2.29. The molecular weight excluding hydrogens is 344 g/mol. The van der Waals surface area contributed by atoms with Gasteiger partial charge in [0.05, 0.1) is 6.04 Å². The maximum atomic E-state index is 12.3. The molecule has 1 aromatic carbocycles. The molecule has 1 aromatic rings. The van der Waals surface area contributed by atoms with E-state index in [1.165, 1.54) is 6.07 Å². The first-order valence-electron chi connectivity index (χ1n) is 8.92. The van der Waals surface area contributed by atoms with Crippen molar-refractivity contribution in [3.05, 3.63) is 29.3 Å². The van der Waals surface area contributed by atoms with E-state index in [1.54, 1.807) is 12.1 Å². The number of fused-ring (bicyclic) bond motifs is 1. The van der Waals surface area contributed by atoms with Crippen LogP contribution in [0.5, 0.6) is 5.75 Å². The van der Waals surface area contributed by atoms with Gasteiger partial charge in [-0.15, -0.1) is 0 Å². The zero-order valence-corrected chi connectivity index (χ0v) is 14.4. The normalized spacial score (nSPS) is 18.8. The lowest BCUT2D eigenvalue weighted by Gasteiger charge is -2.27. The van der Waals surface area contributed by atoms with E-state index in [0.717, 1.165) is 43.2 Å². The lowest BCUT2D eigenvalue weighted by Crippen LogP contribution is -2.42. The Morgan fingerprint density at radius 3 is 2.65 bits per heavy atom. The summed E-state index contributed by atoms with van der Waals surface area (Å²) in [7, 11) is 0. The van der Waals surface area contributed by atoms with Crippen LogP contribution in [0.3, 0.4) is 0 Å². The highest BCUT2D eigenvalue weighted by Crippen LogP contribution is 2.32. The lowest BCUT2D eigenvalue weighted by atomic mass is 9.87. The number of carbonyl (C=O) groups excluding carboxylic acids is 2. The number of urea groups is 1. The summed E-state index contributed by atoms with van der Waals surface area (Å²) in [6.45, 7) is -2.10. The second-order valence-corrected chi connectivity index (χ2v) is 6.65. The lowest BCUT2D eigenvalue weighted by molar-refractivity contribution is -0.122. The number of amides is 3. The van der Waals surface area contributed by atoms with Crippen molar-refractivity contribution in [3.8, 4) is 5.75 Å². The minimum atomic E-state index is -2.85. The summed E-state index contributed by atoms with van der Waals surface area (Å²) < 4.78 is 29.1. The number of ether oxygens (including phenoxy) is 1. The van der Waals surface area contributed by atoms with Crippen LogP contribution in [0.1, 0.15) is 42.9 Å². The van der Waals surface area contributed by atoms with E-state index in [2.05, 4.69) is 20.7 Å². The Morgan fingerprint density at radius 2 is 1.92 bits per heavy atom. The van der Waals surface area contributed by atoms with Gasteiger partial charge in [0.2, 0.25) is 5.91 Å². The standard InChI is InChI=1S/C18H23F2N3O3/c19-17(20)26-13-6-7-14-12(10-13)2-1-3-15(14)23-18(25)22-9-8-21-16(24)11-4-5-11/h6-7,10-11,15,17H,1-5,8-9H2,(H,21,24)(H2,22,23,25)/t15-/m0/s1. The van der Waals surface area contributed by atoms with Gasteiger partial charge in [-0.2, -0.15) is 8.78 Å². The quantitative estimate of drug-likeness (QED) is 0.648. The maximum absolute atomic E-state index is 12.3. The van der Waals surface area contributed by atoms with Gasteiger partial charge in [0.15, 0.2) is 0 Å². The molecule has 0 radical (unpaired) electrons. The first-order valence-corrected chi connectivity index (χ1v) is 8.92. The molecule has 142 valence electrons. The van der Waals surface area contributed by atoms with E-state index in [1.807, 2.05) is 0 Å². The number of halogens is 2. The average molecular weight is 367 g/mol. The molecule has 1 atom stereocenters. The number of rotatable bonds is 7. The third kappa shape index (κ3) is 5.06. The van der Waals surface area contributed by atoms with Gasteiger partial charge in [-0.25, -0.2) is 4.79 Å². The molecule has 0 aliphatic heterocycles. The van der Waals surface area contributed by atoms with Crippen LogP contribution in [0.4, 0.5) is 13.6 Å². The largest absolute Gasteiger partial charge is 0.435 e. The SMILES string of the molecule is O=C(NCCNC(=O)C1CC1)N[C@H]1CCCc2cc(OC(F)F)ccc21. The van der Waals surface area contributed by atoms with E-state index in [0.29, 0.717) is 13.1 Å². The molecule has 3 amide bonds. The fourth-order valence-corrected chi connectivity index (χ4v) is 3.18. The van der Waals surface area contributed by atoms with Crippen LogP contribution >= 0.6 is 0 Å². The highest BCUT2D eigenvalue weighted by atomic mass is 19.3. The number of hydrogen-bond donors (Lipinski definition) is 3. The summed E-state index contributed by atoms with van der Waals surface area (Å²) >= 11 is 0. The van der Waals surface area contributed by atoms with Gasteiger partial charge < -0.3 is 20.7 Å². The van der Waals surface area contributed by atoms with Gasteiger partial charge in [-0.3, -0.25) is 4.79 Å². The van der Waals surface area contributed by atoms with Crippen molar-refractivity contribution in [1.29, 1.82) is 0 Å². The van der Waals surface area contributed by atoms with Gasteiger partial charge in [-0.1, -0.05) is 6.07 Å². The Hall–Kier alpha value is -2.38. The Kier molecular flexibility index (Phi) is 5.90. The van der Waals surface area contributed by atoms with Crippen LogP contribution in [0.2, 0.25) is 0 Å². The molecule has 0 saturated heterocycles. The molecule has 6 nitrogen and oxygen atoms in total. The molecular formula is C18H23F2N3O3. The maximum Gasteiger partial charge on any atom is 0.387 e. The topological polar surface area (TPSA) is 79.5 Å². The zero-order chi connectivity index (χ0) is 18.5. The second-order valence-electron chi connectivity index (χ2n) is 6.65. The summed E-state index contributed by atoms with van der Waals surface area (Å²) in [5, 5.41) is 8.42. The molecule has 0 spiro atoms. The molecule has 8 heteroatoms. The number of alkyl halides is 2. The first kappa shape index (κ1) is 18.4. The van der Waals surface area contributed by atoms with Crippen molar-refractivity contribution in [1.82, 2.24) is 16.0 Å². The molecule has 26 heavy (non-hydrogen) atoms. The van der Waals surface area contributed by atoms with E-state index in [9.17, 15) is 18.4 Å². The van der Waals surface area contributed by atoms with Gasteiger partial charge in [0.25, 0.3) is 0 Å². The predicted octanol–water partition coefficient (Wildman–Crippen LogP) is 2.49. The predicted molar refractivity (Wildman–Crippen MR) is 91.0 cm³/mol. The smallest absolute Gasteiger partial charge is 0.387 e. The fraction of sp³-hybridized carbons (Fsp3) is 0.556. The van der Waals surface area contributed by atoms with Crippen molar-refractivity contribution in [3.63, 3.8) is 0 Å². The van der Waals surface area contributed by atoms with E-state index in [4.69, 9.17) is 0 Å². The summed E-state index contributed by atoms with van der Waals surface area (Å²) in [6.07, 6.45) is 4.31. The van der Waals surface area contributed by atoms with Crippen LogP contribution in [0.25, 0.3) is 0 Å². The molecule has 1 saturated carbocycles. The Labute approximate surface area is 150 Å². The Bertz CT molecular complexity index is 665. The van der Waals surface area contributed by atoms with E-state index >= 15 is 0 Å². The molecule has 1 fully saturated rings. The average Bonchev–Trinajstić information content (AvgIpc) is 3.43. The summed E-state index contributed by atoms with van der Waals surface area (Å²) in [5.74, 6) is 0.340. The van der Waals surface area contributed by atoms with Crippen LogP contribution in [0.15, 0.2) is 18.2 Å². The van der Waals surface area contributed by atoms with Crippen LogP contribution in [-0.2, 0) is 11.2 Å². The minimum Gasteiger partial charge on any atom is -0.435 e. The number of nitrogens with one attached hydrogen (secondary N) is 3. The van der Waals surface area contributed by atoms with Gasteiger partial charge in [0.1, 0.15) is 5.75 Å². The van der Waals surface area contributed by atoms with Crippen LogP contribution in [0, 0.1) is 5.92 Å². The molecule has 0 bridgehead atoms. The monoisotopic (exact) mass is 367 g/mol. The van der Waals surface area contributed by atoms with Crippen LogP contribution < -0.4 is 20.7 Å². The van der Waals surface area contributed by atoms with Crippen molar-refractivity contribution in [2.75, 3.05) is 13.1 Å². The van der Waals surface area contributed by atoms with Crippen molar-refractivity contribution in [2.24, 2.45) is 5.92 Å². The molecule has 0 aromatic heterocycles. The van der Waals surface area contributed by atoms with Crippen molar-refractivity contribution in [2.45, 2.75) is 44.8 Å². The molecule has 0 heterocycles. The summed E-state index contributed by atoms with van der Waals surface area (Å²) in [5.41, 5.74) is 1.84. The third-order valence-corrected chi connectivity index (χ3v) is 4.62.